The van der Waals surface area contributed by atoms with Gasteiger partial charge in [-0.25, -0.2) is 4.79 Å². The number of aromatic nitrogens is 2. The number of nitrogens with one attached hydrogen (secondary N) is 1. The van der Waals surface area contributed by atoms with Crippen molar-refractivity contribution >= 4 is 7.60 Å². The van der Waals surface area contributed by atoms with Crippen molar-refractivity contribution in [3.05, 3.63) is 68.5 Å². The number of hydrogen-bond acceptors (Lipinski definition) is 6. The molecule has 5 atom stereocenters. The number of hydrogen-bond donors (Lipinski definition) is 2. The number of nitrogens with zero attached hydrogens (tertiary/aromatic N) is 1. The van der Waals surface area contributed by atoms with Gasteiger partial charge in [-0.1, -0.05) is 30.3 Å². The molecule has 9 nitrogen and oxygen atoms in total. The average molecular weight is 394 g/mol. The largest absolute Gasteiger partial charge is 0.361 e. The highest BCUT2D eigenvalue weighted by atomic mass is 31.2. The van der Waals surface area contributed by atoms with E-state index in [1.807, 2.05) is 0 Å². The first-order valence-corrected chi connectivity index (χ1v) is 10.1. The standard InChI is InChI=1S/C17H19N2O7P/c1-10-8-19(17(21)18-15(10)20)14-7-12-13(25-14)9-24-27(22,23)16(26-12)11-5-3-2-4-6-11/h2-6,8,12-14,16H,7,9H2,1H3,(H,22,23)(H,18,20,21)/t12-,13-,14-,16-/m1/s1. The molecule has 27 heavy (non-hydrogen) atoms. The lowest BCUT2D eigenvalue weighted by molar-refractivity contribution is -0.0504. The van der Waals surface area contributed by atoms with Crippen LogP contribution in [0.3, 0.4) is 0 Å². The van der Waals surface area contributed by atoms with Crippen molar-refractivity contribution in [3.63, 3.8) is 0 Å². The molecule has 1 aromatic heterocycles. The molecule has 0 spiro atoms. The van der Waals surface area contributed by atoms with E-state index in [4.69, 9.17) is 14.0 Å². The Morgan fingerprint density at radius 3 is 2.67 bits per heavy atom. The first-order chi connectivity index (χ1) is 12.8. The van der Waals surface area contributed by atoms with Gasteiger partial charge in [0.15, 0.2) is 5.85 Å². The Morgan fingerprint density at radius 1 is 1.19 bits per heavy atom. The molecule has 1 aromatic carbocycles. The van der Waals surface area contributed by atoms with E-state index < -0.39 is 43.1 Å². The Hall–Kier alpha value is -2.03. The van der Waals surface area contributed by atoms with Crippen molar-refractivity contribution in [2.75, 3.05) is 6.61 Å². The van der Waals surface area contributed by atoms with Crippen LogP contribution >= 0.6 is 7.60 Å². The Kier molecular flexibility index (Phi) is 4.65. The van der Waals surface area contributed by atoms with Crippen LogP contribution in [0.5, 0.6) is 0 Å². The molecule has 0 amide bonds. The van der Waals surface area contributed by atoms with E-state index in [1.54, 1.807) is 37.3 Å². The summed E-state index contributed by atoms with van der Waals surface area (Å²) in [6, 6.07) is 8.68. The van der Waals surface area contributed by atoms with E-state index in [-0.39, 0.29) is 13.0 Å². The van der Waals surface area contributed by atoms with Gasteiger partial charge in [0.1, 0.15) is 12.3 Å². The summed E-state index contributed by atoms with van der Waals surface area (Å²) >= 11 is 0. The molecule has 144 valence electrons. The lowest BCUT2D eigenvalue weighted by atomic mass is 10.1. The van der Waals surface area contributed by atoms with Crippen LogP contribution in [0.15, 0.2) is 46.1 Å². The first-order valence-electron chi connectivity index (χ1n) is 8.50. The summed E-state index contributed by atoms with van der Waals surface area (Å²) in [7, 11) is -4.05. The number of aromatic amines is 1. The number of fused-ring (bicyclic) bond motifs is 1. The summed E-state index contributed by atoms with van der Waals surface area (Å²) in [6.45, 7) is 1.46. The number of benzene rings is 1. The van der Waals surface area contributed by atoms with Gasteiger partial charge in [-0.2, -0.15) is 0 Å². The normalized spacial score (nSPS) is 33.4. The molecule has 2 aromatic rings. The first kappa shape index (κ1) is 18.3. The van der Waals surface area contributed by atoms with Gasteiger partial charge >= 0.3 is 13.3 Å². The summed E-state index contributed by atoms with van der Waals surface area (Å²) in [5.41, 5.74) is -0.122. The molecule has 2 aliphatic heterocycles. The second-order valence-electron chi connectivity index (χ2n) is 6.64. The number of H-pyrrole nitrogens is 1. The summed E-state index contributed by atoms with van der Waals surface area (Å²) in [6.07, 6.45) is -0.100. The smallest absolute Gasteiger partial charge is 0.355 e. The minimum atomic E-state index is -4.05. The van der Waals surface area contributed by atoms with Crippen molar-refractivity contribution in [1.29, 1.82) is 0 Å². The van der Waals surface area contributed by atoms with E-state index in [0.717, 1.165) is 0 Å². The minimum Gasteiger partial charge on any atom is -0.355 e. The number of aryl methyl sites for hydroxylation is 1. The molecule has 2 fully saturated rings. The molecule has 2 saturated heterocycles. The maximum Gasteiger partial charge on any atom is 0.361 e. The molecule has 3 heterocycles. The van der Waals surface area contributed by atoms with Gasteiger partial charge in [-0.15, -0.1) is 0 Å². The number of ether oxygens (including phenoxy) is 2. The van der Waals surface area contributed by atoms with Crippen LogP contribution in [0, 0.1) is 6.92 Å². The van der Waals surface area contributed by atoms with Crippen molar-refractivity contribution in [3.8, 4) is 0 Å². The van der Waals surface area contributed by atoms with E-state index in [2.05, 4.69) is 4.98 Å². The van der Waals surface area contributed by atoms with E-state index in [1.165, 1.54) is 10.8 Å². The van der Waals surface area contributed by atoms with Crippen molar-refractivity contribution in [2.24, 2.45) is 0 Å². The highest BCUT2D eigenvalue weighted by Crippen LogP contribution is 2.60. The zero-order valence-corrected chi connectivity index (χ0v) is 15.4. The molecule has 10 heteroatoms. The molecule has 4 rings (SSSR count). The summed E-state index contributed by atoms with van der Waals surface area (Å²) in [4.78, 5) is 36.2. The summed E-state index contributed by atoms with van der Waals surface area (Å²) < 4.78 is 30.9. The molecule has 1 unspecified atom stereocenters. The fraction of sp³-hybridized carbons (Fsp3) is 0.412. The number of rotatable bonds is 2. The van der Waals surface area contributed by atoms with Crippen LogP contribution in [0.2, 0.25) is 0 Å². The summed E-state index contributed by atoms with van der Waals surface area (Å²) in [5.74, 6) is -1.13. The van der Waals surface area contributed by atoms with Crippen molar-refractivity contribution in [2.45, 2.75) is 37.6 Å². The SMILES string of the molecule is Cc1cn([C@H]2C[C@H]3O[C@@H](c4ccccc4)P(=O)(O)OC[C@H]3O2)c(=O)[nH]c1=O. The van der Waals surface area contributed by atoms with Crippen molar-refractivity contribution in [1.82, 2.24) is 9.55 Å². The third-order valence-corrected chi connectivity index (χ3v) is 6.28. The molecule has 0 radical (unpaired) electrons. The van der Waals surface area contributed by atoms with Gasteiger partial charge in [0, 0.05) is 18.2 Å². The zero-order valence-electron chi connectivity index (χ0n) is 14.5. The quantitative estimate of drug-likeness (QED) is 0.740. The molecular weight excluding hydrogens is 375 g/mol. The highest BCUT2D eigenvalue weighted by molar-refractivity contribution is 7.53. The van der Waals surface area contributed by atoms with Crippen LogP contribution in [0.4, 0.5) is 0 Å². The fourth-order valence-electron chi connectivity index (χ4n) is 3.34. The molecule has 0 saturated carbocycles. The van der Waals surface area contributed by atoms with Crippen molar-refractivity contribution < 1.29 is 23.5 Å². The highest BCUT2D eigenvalue weighted by Gasteiger charge is 2.48. The lowest BCUT2D eigenvalue weighted by Crippen LogP contribution is -2.33. The van der Waals surface area contributed by atoms with Gasteiger partial charge in [0.25, 0.3) is 5.56 Å². The van der Waals surface area contributed by atoms with Crippen LogP contribution < -0.4 is 11.2 Å². The van der Waals surface area contributed by atoms with E-state index in [9.17, 15) is 19.0 Å². The Bertz CT molecular complexity index is 1000. The summed E-state index contributed by atoms with van der Waals surface area (Å²) in [5, 5.41) is 0. The maximum atomic E-state index is 12.6. The predicted octanol–water partition coefficient (Wildman–Crippen LogP) is 1.43. The third kappa shape index (κ3) is 3.44. The lowest BCUT2D eigenvalue weighted by Gasteiger charge is -2.22. The minimum absolute atomic E-state index is 0.130. The van der Waals surface area contributed by atoms with Crippen LogP contribution in [-0.4, -0.2) is 33.3 Å². The predicted molar refractivity (Wildman–Crippen MR) is 94.4 cm³/mol. The Labute approximate surface area is 154 Å². The second kappa shape index (κ2) is 6.85. The third-order valence-electron chi connectivity index (χ3n) is 4.75. The Balaban J connectivity index is 1.62. The molecule has 0 bridgehead atoms. The monoisotopic (exact) mass is 394 g/mol. The van der Waals surface area contributed by atoms with Gasteiger partial charge < -0.3 is 18.9 Å². The molecule has 2 aliphatic rings. The topological polar surface area (TPSA) is 120 Å². The molecule has 0 aliphatic carbocycles. The fourth-order valence-corrected chi connectivity index (χ4v) is 4.69. The van der Waals surface area contributed by atoms with Gasteiger partial charge in [0.05, 0.1) is 12.7 Å². The van der Waals surface area contributed by atoms with Crippen LogP contribution in [0.25, 0.3) is 0 Å². The Morgan fingerprint density at radius 2 is 1.93 bits per heavy atom. The average Bonchev–Trinajstić information content (AvgIpc) is 2.99. The molecule has 2 N–H and O–H groups in total. The van der Waals surface area contributed by atoms with Crippen LogP contribution in [-0.2, 0) is 18.6 Å². The van der Waals surface area contributed by atoms with Crippen LogP contribution in [0.1, 0.15) is 29.6 Å². The van der Waals surface area contributed by atoms with Gasteiger partial charge in [0.2, 0.25) is 0 Å². The van der Waals surface area contributed by atoms with Gasteiger partial charge in [-0.05, 0) is 12.5 Å². The maximum absolute atomic E-state index is 12.6. The van der Waals surface area contributed by atoms with Gasteiger partial charge in [-0.3, -0.25) is 18.9 Å². The zero-order chi connectivity index (χ0) is 19.2. The second-order valence-corrected chi connectivity index (χ2v) is 8.50. The van der Waals surface area contributed by atoms with E-state index >= 15 is 0 Å². The molecular formula is C17H19N2O7P. The van der Waals surface area contributed by atoms with E-state index in [0.29, 0.717) is 11.1 Å².